The second kappa shape index (κ2) is 9.34. The highest BCUT2D eigenvalue weighted by atomic mass is 16.3. The van der Waals surface area contributed by atoms with Gasteiger partial charge in [-0.1, -0.05) is 24.3 Å². The number of hydrogen-bond donors (Lipinski definition) is 3. The van der Waals surface area contributed by atoms with Gasteiger partial charge in [-0.3, -0.25) is 4.79 Å². The molecule has 0 atom stereocenters. The number of rotatable bonds is 7. The zero-order chi connectivity index (χ0) is 22.5. The molecule has 0 unspecified atom stereocenters. The van der Waals surface area contributed by atoms with Gasteiger partial charge in [0.2, 0.25) is 0 Å². The number of hydrazone groups is 1. The topological polar surface area (TPSA) is 93.6 Å². The molecule has 1 heterocycles. The van der Waals surface area contributed by atoms with Crippen molar-refractivity contribution in [2.24, 2.45) is 5.10 Å². The van der Waals surface area contributed by atoms with Crippen LogP contribution in [0.25, 0.3) is 22.4 Å². The fourth-order valence-corrected chi connectivity index (χ4v) is 3.54. The summed E-state index contributed by atoms with van der Waals surface area (Å²) in [4.78, 5) is 22.4. The van der Waals surface area contributed by atoms with Gasteiger partial charge < -0.3 is 15.0 Å². The van der Waals surface area contributed by atoms with Crippen molar-refractivity contribution in [2.75, 3.05) is 18.0 Å². The number of para-hydroxylation sites is 1. The zero-order valence-electron chi connectivity index (χ0n) is 18.0. The van der Waals surface area contributed by atoms with E-state index in [9.17, 15) is 9.90 Å². The fourth-order valence-electron chi connectivity index (χ4n) is 3.54. The number of imidazole rings is 1. The van der Waals surface area contributed by atoms with Crippen LogP contribution < -0.4 is 10.3 Å². The number of phenolic OH excluding ortho intramolecular Hbond substituents is 1. The van der Waals surface area contributed by atoms with E-state index in [0.29, 0.717) is 28.0 Å². The van der Waals surface area contributed by atoms with Crippen LogP contribution in [-0.4, -0.2) is 40.3 Å². The summed E-state index contributed by atoms with van der Waals surface area (Å²) in [7, 11) is 0. The third-order valence-corrected chi connectivity index (χ3v) is 5.30. The minimum Gasteiger partial charge on any atom is -0.507 e. The van der Waals surface area contributed by atoms with Crippen molar-refractivity contribution in [2.45, 2.75) is 13.8 Å². The van der Waals surface area contributed by atoms with Gasteiger partial charge in [0.15, 0.2) is 0 Å². The second-order valence-corrected chi connectivity index (χ2v) is 7.30. The third-order valence-electron chi connectivity index (χ3n) is 5.30. The minimum absolute atomic E-state index is 0.143. The maximum Gasteiger partial charge on any atom is 0.271 e. The van der Waals surface area contributed by atoms with Crippen LogP contribution in [0.5, 0.6) is 5.75 Å². The average Bonchev–Trinajstić information content (AvgIpc) is 3.24. The van der Waals surface area contributed by atoms with Crippen molar-refractivity contribution in [3.8, 4) is 17.1 Å². The van der Waals surface area contributed by atoms with Crippen LogP contribution >= 0.6 is 0 Å². The number of benzene rings is 3. The number of aromatic nitrogens is 2. The average molecular weight is 428 g/mol. The first kappa shape index (κ1) is 21.1. The van der Waals surface area contributed by atoms with E-state index >= 15 is 0 Å². The Kier molecular flexibility index (Phi) is 6.17. The molecule has 162 valence electrons. The van der Waals surface area contributed by atoms with E-state index in [2.05, 4.69) is 39.2 Å². The predicted molar refractivity (Wildman–Crippen MR) is 128 cm³/mol. The van der Waals surface area contributed by atoms with Crippen molar-refractivity contribution in [3.63, 3.8) is 0 Å². The van der Waals surface area contributed by atoms with Gasteiger partial charge in [0.05, 0.1) is 22.8 Å². The van der Waals surface area contributed by atoms with Gasteiger partial charge >= 0.3 is 0 Å². The molecule has 0 aliphatic rings. The fraction of sp³-hybridized carbons (Fsp3) is 0.160. The van der Waals surface area contributed by atoms with Gasteiger partial charge in [0.1, 0.15) is 11.6 Å². The molecule has 0 radical (unpaired) electrons. The van der Waals surface area contributed by atoms with Gasteiger partial charge in [0, 0.05) is 24.3 Å². The highest BCUT2D eigenvalue weighted by Gasteiger charge is 2.11. The summed E-state index contributed by atoms with van der Waals surface area (Å²) in [5.41, 5.74) is 7.09. The highest BCUT2D eigenvalue weighted by molar-refractivity contribution is 5.98. The number of H-pyrrole nitrogens is 1. The monoisotopic (exact) mass is 427 g/mol. The summed E-state index contributed by atoms with van der Waals surface area (Å²) in [5, 5.41) is 14.1. The summed E-state index contributed by atoms with van der Waals surface area (Å²) in [5.74, 6) is 0.368. The molecular formula is C25H25N5O2. The van der Waals surface area contributed by atoms with Gasteiger partial charge in [-0.05, 0) is 61.9 Å². The molecule has 0 aliphatic carbocycles. The molecule has 7 heteroatoms. The highest BCUT2D eigenvalue weighted by Crippen LogP contribution is 2.28. The summed E-state index contributed by atoms with van der Waals surface area (Å²) in [6, 6.07) is 20.2. The summed E-state index contributed by atoms with van der Waals surface area (Å²) >= 11 is 0. The van der Waals surface area contributed by atoms with Crippen LogP contribution in [0.1, 0.15) is 29.8 Å². The molecule has 1 amide bonds. The number of nitrogens with zero attached hydrogens (tertiary/aromatic N) is 3. The number of phenols is 1. The smallest absolute Gasteiger partial charge is 0.271 e. The molecule has 4 aromatic rings. The number of carbonyl (C=O) groups is 1. The number of anilines is 1. The maximum atomic E-state index is 12.5. The van der Waals surface area contributed by atoms with Gasteiger partial charge in [-0.2, -0.15) is 5.10 Å². The lowest BCUT2D eigenvalue weighted by molar-refractivity contribution is 0.0955. The summed E-state index contributed by atoms with van der Waals surface area (Å²) in [6.07, 6.45) is 1.62. The van der Waals surface area contributed by atoms with Crippen LogP contribution in [0.2, 0.25) is 0 Å². The number of amides is 1. The molecule has 0 spiro atoms. The predicted octanol–water partition coefficient (Wildman–Crippen LogP) is 4.55. The Morgan fingerprint density at radius 2 is 1.84 bits per heavy atom. The SMILES string of the molecule is CCN(CC)c1ccc(/C=N/NC(=O)c2ccc3nc(-c4ccccc4O)[nH]c3c2)cc1. The summed E-state index contributed by atoms with van der Waals surface area (Å²) < 4.78 is 0. The van der Waals surface area contributed by atoms with E-state index in [1.807, 2.05) is 30.3 Å². The number of nitrogens with one attached hydrogen (secondary N) is 2. The first-order chi connectivity index (χ1) is 15.6. The molecule has 4 rings (SSSR count). The van der Waals surface area contributed by atoms with Crippen molar-refractivity contribution in [1.82, 2.24) is 15.4 Å². The number of aromatic amines is 1. The minimum atomic E-state index is -0.318. The lowest BCUT2D eigenvalue weighted by Crippen LogP contribution is -2.21. The normalized spacial score (nSPS) is 11.2. The first-order valence-electron chi connectivity index (χ1n) is 10.6. The first-order valence-corrected chi connectivity index (χ1v) is 10.6. The quantitative estimate of drug-likeness (QED) is 0.298. The lowest BCUT2D eigenvalue weighted by Gasteiger charge is -2.20. The van der Waals surface area contributed by atoms with Crippen LogP contribution in [0, 0.1) is 0 Å². The van der Waals surface area contributed by atoms with Crippen molar-refractivity contribution in [3.05, 3.63) is 77.9 Å². The molecule has 0 bridgehead atoms. The van der Waals surface area contributed by atoms with Gasteiger partial charge in [-0.15, -0.1) is 0 Å². The molecule has 0 aliphatic heterocycles. The molecule has 7 nitrogen and oxygen atoms in total. The van der Waals surface area contributed by atoms with Crippen LogP contribution in [0.4, 0.5) is 5.69 Å². The second-order valence-electron chi connectivity index (χ2n) is 7.30. The van der Waals surface area contributed by atoms with Crippen molar-refractivity contribution >= 4 is 28.8 Å². The molecule has 0 saturated carbocycles. The molecule has 32 heavy (non-hydrogen) atoms. The van der Waals surface area contributed by atoms with E-state index in [-0.39, 0.29) is 11.7 Å². The number of fused-ring (bicyclic) bond motifs is 1. The molecule has 1 aromatic heterocycles. The van der Waals surface area contributed by atoms with E-state index in [1.165, 1.54) is 0 Å². The van der Waals surface area contributed by atoms with Crippen LogP contribution in [0.3, 0.4) is 0 Å². The van der Waals surface area contributed by atoms with Gasteiger partial charge in [0.25, 0.3) is 5.91 Å². The van der Waals surface area contributed by atoms with Crippen molar-refractivity contribution in [1.29, 1.82) is 0 Å². The molecule has 3 N–H and O–H groups in total. The standard InChI is InChI=1S/C25H25N5O2/c1-3-30(4-2)19-12-9-17(10-13-19)16-26-29-25(32)18-11-14-21-22(15-18)28-24(27-21)20-7-5-6-8-23(20)31/h5-16,31H,3-4H2,1-2H3,(H,27,28)(H,29,32)/b26-16+. The van der Waals surface area contributed by atoms with Crippen LogP contribution in [0.15, 0.2) is 71.8 Å². The van der Waals surface area contributed by atoms with E-state index in [0.717, 1.165) is 24.3 Å². The molecular weight excluding hydrogens is 402 g/mol. The number of carbonyl (C=O) groups excluding carboxylic acids is 1. The Morgan fingerprint density at radius 1 is 1.09 bits per heavy atom. The molecule has 0 fully saturated rings. The molecule has 0 saturated heterocycles. The van der Waals surface area contributed by atoms with Crippen molar-refractivity contribution < 1.29 is 9.90 Å². The lowest BCUT2D eigenvalue weighted by atomic mass is 10.2. The Labute approximate surface area is 186 Å². The zero-order valence-corrected chi connectivity index (χ0v) is 18.0. The Bertz CT molecular complexity index is 1260. The van der Waals surface area contributed by atoms with E-state index in [1.54, 1.807) is 42.6 Å². The third kappa shape index (κ3) is 4.46. The van der Waals surface area contributed by atoms with Crippen LogP contribution in [-0.2, 0) is 0 Å². The Hall–Kier alpha value is -4.13. The van der Waals surface area contributed by atoms with E-state index < -0.39 is 0 Å². The number of hydrogen-bond acceptors (Lipinski definition) is 5. The van der Waals surface area contributed by atoms with E-state index in [4.69, 9.17) is 0 Å². The maximum absolute atomic E-state index is 12.5. The summed E-state index contributed by atoms with van der Waals surface area (Å²) in [6.45, 7) is 6.16. The molecule has 3 aromatic carbocycles. The van der Waals surface area contributed by atoms with Gasteiger partial charge in [-0.25, -0.2) is 10.4 Å². The Morgan fingerprint density at radius 3 is 2.56 bits per heavy atom. The Balaban J connectivity index is 1.45. The largest absolute Gasteiger partial charge is 0.507 e. The number of aromatic hydroxyl groups is 1.